The van der Waals surface area contributed by atoms with E-state index in [9.17, 15) is 8.42 Å². The van der Waals surface area contributed by atoms with E-state index >= 15 is 0 Å². The first-order valence-corrected chi connectivity index (χ1v) is 6.05. The van der Waals surface area contributed by atoms with Gasteiger partial charge >= 0.3 is 0 Å². The minimum absolute atomic E-state index is 0.0100. The maximum atomic E-state index is 11.2. The average Bonchev–Trinajstić information content (AvgIpc) is 2.02. The molecule has 0 amide bonds. The summed E-state index contributed by atoms with van der Waals surface area (Å²) in [5.41, 5.74) is 0. The fraction of sp³-hybridized carbons (Fsp3) is 0.857. The lowest BCUT2D eigenvalue weighted by molar-refractivity contribution is 0.572. The number of unbranched alkanes of at least 4 members (excludes halogenated alkanes) is 1. The number of nitriles is 1. The molecule has 6 heteroatoms. The highest BCUT2D eigenvalue weighted by Gasteiger charge is 2.13. The molecule has 0 bridgehead atoms. The predicted molar refractivity (Wildman–Crippen MR) is 52.1 cm³/mol. The summed E-state index contributed by atoms with van der Waals surface area (Å²) in [6.45, 7) is 0.982. The van der Waals surface area contributed by atoms with Crippen molar-refractivity contribution < 1.29 is 13.4 Å². The Morgan fingerprint density at radius 3 is 2.54 bits per heavy atom. The Bertz CT molecular complexity index is 268. The summed E-state index contributed by atoms with van der Waals surface area (Å²) in [5, 5.41) is 17.1. The van der Waals surface area contributed by atoms with Crippen LogP contribution in [0.2, 0.25) is 13.1 Å². The largest absolute Gasteiger partial charge is 0.451 e. The number of sulfone groups is 1. The summed E-state index contributed by atoms with van der Waals surface area (Å²) in [6, 6.07) is 1.89. The number of rotatable bonds is 6. The van der Waals surface area contributed by atoms with Crippen molar-refractivity contribution in [3.8, 4) is 6.07 Å². The molecule has 13 heavy (non-hydrogen) atoms. The Morgan fingerprint density at radius 1 is 1.46 bits per heavy atom. The smallest absolute Gasteiger partial charge is 0.286 e. The van der Waals surface area contributed by atoms with E-state index in [2.05, 4.69) is 0 Å². The van der Waals surface area contributed by atoms with E-state index < -0.39 is 16.8 Å². The molecule has 0 aromatic heterocycles. The van der Waals surface area contributed by atoms with Crippen LogP contribution in [-0.2, 0) is 9.84 Å². The van der Waals surface area contributed by atoms with Crippen LogP contribution >= 0.6 is 0 Å². The van der Waals surface area contributed by atoms with E-state index in [1.165, 1.54) is 0 Å². The van der Waals surface area contributed by atoms with E-state index in [-0.39, 0.29) is 24.2 Å². The third kappa shape index (κ3) is 7.81. The van der Waals surface area contributed by atoms with Crippen LogP contribution in [-0.4, -0.2) is 31.9 Å². The van der Waals surface area contributed by atoms with Gasteiger partial charge in [0.1, 0.15) is 9.84 Å². The van der Waals surface area contributed by atoms with Gasteiger partial charge in [-0.05, 0) is 12.7 Å². The van der Waals surface area contributed by atoms with Gasteiger partial charge < -0.3 is 5.02 Å². The van der Waals surface area contributed by atoms with E-state index in [1.54, 1.807) is 6.82 Å². The zero-order valence-corrected chi connectivity index (χ0v) is 8.55. The van der Waals surface area contributed by atoms with E-state index in [0.29, 0.717) is 6.42 Å². The third-order valence-corrected chi connectivity index (χ3v) is 3.36. The molecule has 0 aliphatic rings. The van der Waals surface area contributed by atoms with E-state index in [4.69, 9.17) is 10.3 Å². The van der Waals surface area contributed by atoms with E-state index in [0.717, 1.165) is 0 Å². The minimum Gasteiger partial charge on any atom is -0.451 e. The molecule has 0 radical (unpaired) electrons. The Hall–Kier alpha value is -0.535. The van der Waals surface area contributed by atoms with Crippen LogP contribution in [0.25, 0.3) is 0 Å². The van der Waals surface area contributed by atoms with Crippen molar-refractivity contribution in [3.63, 3.8) is 0 Å². The summed E-state index contributed by atoms with van der Waals surface area (Å²) < 4.78 is 22.4. The second-order valence-corrected chi connectivity index (χ2v) is 5.35. The topological polar surface area (TPSA) is 78.2 Å². The van der Waals surface area contributed by atoms with Gasteiger partial charge in [-0.15, -0.1) is 0 Å². The van der Waals surface area contributed by atoms with Crippen LogP contribution in [0.1, 0.15) is 12.8 Å². The molecule has 0 fully saturated rings. The quantitative estimate of drug-likeness (QED) is 0.498. The molecular weight excluding hydrogens is 189 g/mol. The summed E-state index contributed by atoms with van der Waals surface area (Å²) in [7, 11) is -3.06. The lowest BCUT2D eigenvalue weighted by Crippen LogP contribution is -2.16. The van der Waals surface area contributed by atoms with Crippen LogP contribution < -0.4 is 0 Å². The summed E-state index contributed by atoms with van der Waals surface area (Å²) in [6.07, 6.45) is 0.932. The first-order valence-electron chi connectivity index (χ1n) is 4.23. The molecule has 0 aliphatic heterocycles. The van der Waals surface area contributed by atoms with Gasteiger partial charge in [-0.25, -0.2) is 8.42 Å². The molecule has 74 valence electrons. The van der Waals surface area contributed by atoms with Gasteiger partial charge in [0.25, 0.3) is 6.92 Å². The highest BCUT2D eigenvalue weighted by Crippen LogP contribution is 2.01. The van der Waals surface area contributed by atoms with Gasteiger partial charge in [-0.2, -0.15) is 5.26 Å². The fourth-order valence-corrected chi connectivity index (χ4v) is 2.31. The maximum Gasteiger partial charge on any atom is 0.286 e. The molecule has 0 saturated carbocycles. The lowest BCUT2D eigenvalue weighted by Gasteiger charge is -2.02. The molecular formula is C7H14BNO3S. The van der Waals surface area contributed by atoms with Crippen molar-refractivity contribution in [3.05, 3.63) is 0 Å². The molecule has 0 aliphatic carbocycles. The summed E-state index contributed by atoms with van der Waals surface area (Å²) in [5.74, 6) is 0.0589. The van der Waals surface area contributed by atoms with Crippen molar-refractivity contribution in [1.82, 2.24) is 0 Å². The maximum absolute atomic E-state index is 11.2. The van der Waals surface area contributed by atoms with Gasteiger partial charge in [0, 0.05) is 12.2 Å². The average molecular weight is 203 g/mol. The molecule has 0 aromatic carbocycles. The number of hydrogen-bond donors (Lipinski definition) is 1. The molecule has 4 nitrogen and oxygen atoms in total. The highest BCUT2D eigenvalue weighted by molar-refractivity contribution is 7.91. The minimum atomic E-state index is -3.06. The fourth-order valence-electron chi connectivity index (χ4n) is 0.823. The van der Waals surface area contributed by atoms with Crippen molar-refractivity contribution in [1.29, 1.82) is 5.26 Å². The van der Waals surface area contributed by atoms with Gasteiger partial charge in [0.2, 0.25) is 0 Å². The van der Waals surface area contributed by atoms with Crippen molar-refractivity contribution >= 4 is 16.8 Å². The van der Waals surface area contributed by atoms with Crippen LogP contribution in [0.4, 0.5) is 0 Å². The Kier molecular flexibility index (Phi) is 5.75. The summed E-state index contributed by atoms with van der Waals surface area (Å²) in [4.78, 5) is 0. The Labute approximate surface area is 79.6 Å². The number of nitrogens with zero attached hydrogens (tertiary/aromatic N) is 1. The van der Waals surface area contributed by atoms with Crippen LogP contribution in [0.3, 0.4) is 0 Å². The number of hydrogen-bond acceptors (Lipinski definition) is 4. The SMILES string of the molecule is CB(O)CCS(=O)(=O)CCCC#N. The first-order chi connectivity index (χ1) is 5.98. The molecule has 0 aromatic rings. The van der Waals surface area contributed by atoms with Crippen molar-refractivity contribution in [2.24, 2.45) is 0 Å². The molecule has 0 atom stereocenters. The van der Waals surface area contributed by atoms with Crippen LogP contribution in [0.15, 0.2) is 0 Å². The summed E-state index contributed by atoms with van der Waals surface area (Å²) >= 11 is 0. The van der Waals surface area contributed by atoms with Gasteiger partial charge in [-0.1, -0.05) is 6.82 Å². The monoisotopic (exact) mass is 203 g/mol. The molecule has 1 N–H and O–H groups in total. The van der Waals surface area contributed by atoms with Gasteiger partial charge in [-0.3, -0.25) is 0 Å². The Morgan fingerprint density at radius 2 is 2.08 bits per heavy atom. The zero-order chi connectivity index (χ0) is 10.3. The second kappa shape index (κ2) is 6.00. The lowest BCUT2D eigenvalue weighted by atomic mass is 9.69. The van der Waals surface area contributed by atoms with Crippen LogP contribution in [0, 0.1) is 11.3 Å². The molecule has 0 saturated heterocycles. The standard InChI is InChI=1S/C7H14BNO3S/c1-8(10)4-7-13(11,12)6-3-2-5-9/h10H,2-4,6-7H2,1H3. The van der Waals surface area contributed by atoms with Gasteiger partial charge in [0.15, 0.2) is 0 Å². The first kappa shape index (κ1) is 12.5. The molecule has 0 unspecified atom stereocenters. The zero-order valence-electron chi connectivity index (χ0n) is 7.73. The molecule has 0 rings (SSSR count). The molecule has 0 spiro atoms. The Balaban J connectivity index is 3.76. The highest BCUT2D eigenvalue weighted by atomic mass is 32.2. The van der Waals surface area contributed by atoms with Crippen molar-refractivity contribution in [2.45, 2.75) is 26.0 Å². The predicted octanol–water partition coefficient (Wildman–Crippen LogP) is 0.319. The molecule has 0 heterocycles. The third-order valence-electron chi connectivity index (χ3n) is 1.59. The van der Waals surface area contributed by atoms with Crippen LogP contribution in [0.5, 0.6) is 0 Å². The van der Waals surface area contributed by atoms with Gasteiger partial charge in [0.05, 0.1) is 11.8 Å². The van der Waals surface area contributed by atoms with E-state index in [1.807, 2.05) is 6.07 Å². The second-order valence-electron chi connectivity index (χ2n) is 3.05. The van der Waals surface area contributed by atoms with Crippen molar-refractivity contribution in [2.75, 3.05) is 11.5 Å². The normalized spacial score (nSPS) is 10.8.